The minimum absolute atomic E-state index is 0.169. The summed E-state index contributed by atoms with van der Waals surface area (Å²) in [6, 6.07) is 5.68. The Balaban J connectivity index is 2.42. The minimum atomic E-state index is -1.16. The monoisotopic (exact) mass is 221 g/mol. The lowest BCUT2D eigenvalue weighted by molar-refractivity contribution is 0.0686. The Bertz CT molecular complexity index is 548. The summed E-state index contributed by atoms with van der Waals surface area (Å²) >= 11 is 0. The van der Waals surface area contributed by atoms with Gasteiger partial charge in [-0.3, -0.25) is 0 Å². The second kappa shape index (κ2) is 3.77. The molecule has 1 aromatic heterocycles. The van der Waals surface area contributed by atoms with Crippen molar-refractivity contribution in [2.75, 3.05) is 0 Å². The van der Waals surface area contributed by atoms with Crippen molar-refractivity contribution >= 4 is 5.97 Å². The number of carboxylic acid groups (broad SMARTS) is 1. The van der Waals surface area contributed by atoms with Crippen molar-refractivity contribution in [2.45, 2.75) is 6.92 Å². The van der Waals surface area contributed by atoms with Gasteiger partial charge in [-0.1, -0.05) is 5.16 Å². The number of aryl methyl sites for hydroxylation is 1. The maximum absolute atomic E-state index is 13.0. The zero-order chi connectivity index (χ0) is 11.7. The number of benzene rings is 1. The highest BCUT2D eigenvalue weighted by Crippen LogP contribution is 2.22. The van der Waals surface area contributed by atoms with Crippen molar-refractivity contribution < 1.29 is 18.8 Å². The Hall–Kier alpha value is -2.17. The number of carboxylic acids is 1. The third-order valence-electron chi connectivity index (χ3n) is 2.17. The van der Waals surface area contributed by atoms with E-state index in [0.29, 0.717) is 16.9 Å². The summed E-state index contributed by atoms with van der Waals surface area (Å²) < 4.78 is 17.9. The first-order valence-electron chi connectivity index (χ1n) is 4.54. The molecule has 2 rings (SSSR count). The highest BCUT2D eigenvalue weighted by Gasteiger charge is 2.12. The SMILES string of the molecule is Cc1cc(-c2cc(C(=O)O)no2)ccc1F. The van der Waals surface area contributed by atoms with Crippen LogP contribution in [0.5, 0.6) is 0 Å². The smallest absolute Gasteiger partial charge is 0.358 e. The second-order valence-corrected chi connectivity index (χ2v) is 3.35. The van der Waals surface area contributed by atoms with E-state index < -0.39 is 5.97 Å². The zero-order valence-electron chi connectivity index (χ0n) is 8.40. The van der Waals surface area contributed by atoms with Crippen molar-refractivity contribution in [3.05, 3.63) is 41.3 Å². The van der Waals surface area contributed by atoms with Gasteiger partial charge in [-0.25, -0.2) is 9.18 Å². The average Bonchev–Trinajstić information content (AvgIpc) is 2.71. The molecular weight excluding hydrogens is 213 g/mol. The normalized spacial score (nSPS) is 10.4. The van der Waals surface area contributed by atoms with E-state index in [9.17, 15) is 9.18 Å². The predicted octanol–water partition coefficient (Wildman–Crippen LogP) is 2.49. The summed E-state index contributed by atoms with van der Waals surface area (Å²) in [6.07, 6.45) is 0. The lowest BCUT2D eigenvalue weighted by atomic mass is 10.1. The number of aromatic carboxylic acids is 1. The molecule has 0 aliphatic heterocycles. The van der Waals surface area contributed by atoms with Gasteiger partial charge >= 0.3 is 5.97 Å². The van der Waals surface area contributed by atoms with Crippen molar-refractivity contribution in [1.82, 2.24) is 5.16 Å². The molecule has 0 radical (unpaired) electrons. The first-order chi connectivity index (χ1) is 7.58. The number of carbonyl (C=O) groups is 1. The van der Waals surface area contributed by atoms with Gasteiger partial charge in [0.2, 0.25) is 0 Å². The molecule has 16 heavy (non-hydrogen) atoms. The van der Waals surface area contributed by atoms with Crippen molar-refractivity contribution in [3.8, 4) is 11.3 Å². The van der Waals surface area contributed by atoms with E-state index in [2.05, 4.69) is 5.16 Å². The fourth-order valence-electron chi connectivity index (χ4n) is 1.31. The number of hydrogen-bond donors (Lipinski definition) is 1. The second-order valence-electron chi connectivity index (χ2n) is 3.35. The van der Waals surface area contributed by atoms with Gasteiger partial charge in [-0.05, 0) is 30.7 Å². The van der Waals surface area contributed by atoms with E-state index in [-0.39, 0.29) is 11.5 Å². The van der Waals surface area contributed by atoms with Crippen molar-refractivity contribution in [1.29, 1.82) is 0 Å². The van der Waals surface area contributed by atoms with E-state index in [4.69, 9.17) is 9.63 Å². The molecule has 82 valence electrons. The summed E-state index contributed by atoms with van der Waals surface area (Å²) in [5.41, 5.74) is 0.890. The molecule has 4 nitrogen and oxygen atoms in total. The summed E-state index contributed by atoms with van der Waals surface area (Å²) in [7, 11) is 0. The standard InChI is InChI=1S/C11H8FNO3/c1-6-4-7(2-3-8(6)12)10-5-9(11(14)15)13-16-10/h2-5H,1H3,(H,14,15). The molecule has 1 heterocycles. The van der Waals surface area contributed by atoms with E-state index in [1.165, 1.54) is 18.2 Å². The number of rotatable bonds is 2. The Morgan fingerprint density at radius 3 is 2.75 bits per heavy atom. The molecule has 0 aliphatic carbocycles. The van der Waals surface area contributed by atoms with E-state index in [1.807, 2.05) is 0 Å². The van der Waals surface area contributed by atoms with E-state index in [0.717, 1.165) is 0 Å². The topological polar surface area (TPSA) is 63.3 Å². The molecular formula is C11H8FNO3. The summed E-state index contributed by atoms with van der Waals surface area (Å²) in [6.45, 7) is 1.62. The van der Waals surface area contributed by atoms with E-state index >= 15 is 0 Å². The molecule has 0 saturated heterocycles. The molecule has 0 fully saturated rings. The van der Waals surface area contributed by atoms with Gasteiger partial charge in [-0.2, -0.15) is 0 Å². The molecule has 1 N–H and O–H groups in total. The lowest BCUT2D eigenvalue weighted by Gasteiger charge is -1.98. The molecule has 5 heteroatoms. The quantitative estimate of drug-likeness (QED) is 0.846. The number of halogens is 1. The van der Waals surface area contributed by atoms with Crippen LogP contribution in [0.2, 0.25) is 0 Å². The van der Waals surface area contributed by atoms with Crippen LogP contribution in [0, 0.1) is 12.7 Å². The van der Waals surface area contributed by atoms with Gasteiger partial charge in [0.05, 0.1) is 0 Å². The average molecular weight is 221 g/mol. The molecule has 0 bridgehead atoms. The Morgan fingerprint density at radius 2 is 2.19 bits per heavy atom. The van der Waals surface area contributed by atoms with Gasteiger partial charge in [0.1, 0.15) is 5.82 Å². The third kappa shape index (κ3) is 1.79. The zero-order valence-corrected chi connectivity index (χ0v) is 8.40. The molecule has 0 atom stereocenters. The molecule has 0 unspecified atom stereocenters. The van der Waals surface area contributed by atoms with Crippen LogP contribution < -0.4 is 0 Å². The molecule has 0 saturated carbocycles. The Morgan fingerprint density at radius 1 is 1.44 bits per heavy atom. The van der Waals surface area contributed by atoms with Crippen LogP contribution >= 0.6 is 0 Å². The van der Waals surface area contributed by atoms with Crippen LogP contribution in [0.1, 0.15) is 16.1 Å². The Kier molecular flexibility index (Phi) is 2.44. The van der Waals surface area contributed by atoms with Crippen LogP contribution in [0.4, 0.5) is 4.39 Å². The largest absolute Gasteiger partial charge is 0.476 e. The lowest BCUT2D eigenvalue weighted by Crippen LogP contribution is -1.94. The maximum atomic E-state index is 13.0. The fraction of sp³-hybridized carbons (Fsp3) is 0.0909. The summed E-state index contributed by atoms with van der Waals surface area (Å²) in [4.78, 5) is 10.6. The molecule has 0 aliphatic rings. The number of aromatic nitrogens is 1. The number of hydrogen-bond acceptors (Lipinski definition) is 3. The minimum Gasteiger partial charge on any atom is -0.476 e. The summed E-state index contributed by atoms with van der Waals surface area (Å²) in [5.74, 6) is -1.17. The number of nitrogens with zero attached hydrogens (tertiary/aromatic N) is 1. The highest BCUT2D eigenvalue weighted by atomic mass is 19.1. The molecule has 2 aromatic rings. The van der Waals surface area contributed by atoms with Crippen molar-refractivity contribution in [3.63, 3.8) is 0 Å². The third-order valence-corrected chi connectivity index (χ3v) is 2.17. The first kappa shape index (κ1) is 10.4. The van der Waals surface area contributed by atoms with Gasteiger partial charge in [0, 0.05) is 11.6 Å². The van der Waals surface area contributed by atoms with Crippen LogP contribution in [-0.2, 0) is 0 Å². The molecule has 0 amide bonds. The van der Waals surface area contributed by atoms with E-state index in [1.54, 1.807) is 13.0 Å². The Labute approximate surface area is 90.3 Å². The van der Waals surface area contributed by atoms with Crippen LogP contribution in [0.3, 0.4) is 0 Å². The first-order valence-corrected chi connectivity index (χ1v) is 4.54. The fourth-order valence-corrected chi connectivity index (χ4v) is 1.31. The maximum Gasteiger partial charge on any atom is 0.358 e. The molecule has 1 aromatic carbocycles. The summed E-state index contributed by atoms with van der Waals surface area (Å²) in [5, 5.41) is 12.0. The van der Waals surface area contributed by atoms with Gasteiger partial charge in [0.25, 0.3) is 0 Å². The van der Waals surface area contributed by atoms with Crippen LogP contribution in [0.25, 0.3) is 11.3 Å². The van der Waals surface area contributed by atoms with Crippen molar-refractivity contribution in [2.24, 2.45) is 0 Å². The van der Waals surface area contributed by atoms with Gasteiger partial charge in [-0.15, -0.1) is 0 Å². The highest BCUT2D eigenvalue weighted by molar-refractivity contribution is 5.86. The van der Waals surface area contributed by atoms with Gasteiger partial charge < -0.3 is 9.63 Å². The molecule has 0 spiro atoms. The van der Waals surface area contributed by atoms with Crippen LogP contribution in [-0.4, -0.2) is 16.2 Å². The predicted molar refractivity (Wildman–Crippen MR) is 53.6 cm³/mol. The van der Waals surface area contributed by atoms with Gasteiger partial charge in [0.15, 0.2) is 11.5 Å². The van der Waals surface area contributed by atoms with Crippen LogP contribution in [0.15, 0.2) is 28.8 Å².